The zero-order chi connectivity index (χ0) is 13.7. The van der Waals surface area contributed by atoms with Crippen LogP contribution in [0, 0.1) is 6.92 Å². The first-order chi connectivity index (χ1) is 8.38. The molecule has 1 rings (SSSR count). The largest absolute Gasteiger partial charge is 0.353 e. The van der Waals surface area contributed by atoms with Gasteiger partial charge in [0.1, 0.15) is 6.42 Å². The summed E-state index contributed by atoms with van der Waals surface area (Å²) < 4.78 is 0.806. The molecule has 0 fully saturated rings. The molecule has 0 aromatic heterocycles. The average molecular weight is 313 g/mol. The normalized spacial score (nSPS) is 10.3. The molecule has 0 bridgehead atoms. The van der Waals surface area contributed by atoms with Gasteiger partial charge in [-0.2, -0.15) is 0 Å². The van der Waals surface area contributed by atoms with Crippen molar-refractivity contribution in [2.75, 3.05) is 5.32 Å². The van der Waals surface area contributed by atoms with E-state index in [1.165, 1.54) is 0 Å². The van der Waals surface area contributed by atoms with Gasteiger partial charge in [-0.15, -0.1) is 0 Å². The number of amides is 2. The highest BCUT2D eigenvalue weighted by Gasteiger charge is 2.11. The lowest BCUT2D eigenvalue weighted by atomic mass is 10.2. The zero-order valence-corrected chi connectivity index (χ0v) is 12.3. The van der Waals surface area contributed by atoms with E-state index in [0.717, 1.165) is 10.0 Å². The Bertz CT molecular complexity index is 458. The van der Waals surface area contributed by atoms with Crippen molar-refractivity contribution in [2.24, 2.45) is 0 Å². The highest BCUT2D eigenvalue weighted by Crippen LogP contribution is 2.23. The lowest BCUT2D eigenvalue weighted by molar-refractivity contribution is -0.127. The third kappa shape index (κ3) is 4.87. The fourth-order valence-corrected chi connectivity index (χ4v) is 2.03. The summed E-state index contributed by atoms with van der Waals surface area (Å²) in [5.41, 5.74) is 1.76. The molecular formula is C13H17BrN2O2. The average Bonchev–Trinajstić information content (AvgIpc) is 2.20. The van der Waals surface area contributed by atoms with Crippen molar-refractivity contribution in [2.45, 2.75) is 33.2 Å². The summed E-state index contributed by atoms with van der Waals surface area (Å²) >= 11 is 3.37. The number of rotatable bonds is 4. The maximum Gasteiger partial charge on any atom is 0.233 e. The minimum Gasteiger partial charge on any atom is -0.353 e. The first-order valence-electron chi connectivity index (χ1n) is 5.74. The van der Waals surface area contributed by atoms with Crippen molar-refractivity contribution < 1.29 is 9.59 Å². The molecule has 0 aliphatic heterocycles. The number of nitrogens with one attached hydrogen (secondary N) is 2. The van der Waals surface area contributed by atoms with Crippen LogP contribution < -0.4 is 10.6 Å². The van der Waals surface area contributed by atoms with Crippen molar-refractivity contribution >= 4 is 33.4 Å². The number of carbonyl (C=O) groups is 2. The Morgan fingerprint density at radius 3 is 2.50 bits per heavy atom. The molecule has 18 heavy (non-hydrogen) atoms. The molecule has 0 radical (unpaired) electrons. The predicted octanol–water partition coefficient (Wildman–Crippen LogP) is 2.61. The SMILES string of the molecule is Cc1ccc(NC(=O)CC(=O)NC(C)C)c(Br)c1. The molecule has 98 valence electrons. The number of aryl methyl sites for hydroxylation is 1. The molecule has 2 amide bonds. The summed E-state index contributed by atoms with van der Waals surface area (Å²) in [5.74, 6) is -0.594. The van der Waals surface area contributed by atoms with Crippen molar-refractivity contribution in [1.82, 2.24) is 5.32 Å². The highest BCUT2D eigenvalue weighted by atomic mass is 79.9. The fraction of sp³-hybridized carbons (Fsp3) is 0.385. The smallest absolute Gasteiger partial charge is 0.233 e. The van der Waals surface area contributed by atoms with Crippen LogP contribution in [-0.4, -0.2) is 17.9 Å². The third-order valence-electron chi connectivity index (χ3n) is 2.17. The quantitative estimate of drug-likeness (QED) is 0.840. The van der Waals surface area contributed by atoms with Crippen molar-refractivity contribution in [1.29, 1.82) is 0 Å². The van der Waals surface area contributed by atoms with E-state index in [-0.39, 0.29) is 24.3 Å². The summed E-state index contributed by atoms with van der Waals surface area (Å²) in [6.07, 6.45) is -0.168. The Labute approximate surface area is 115 Å². The monoisotopic (exact) mass is 312 g/mol. The minimum absolute atomic E-state index is 0.0383. The molecule has 0 heterocycles. The lowest BCUT2D eigenvalue weighted by Gasteiger charge is -2.10. The Hall–Kier alpha value is -1.36. The van der Waals surface area contributed by atoms with Gasteiger partial charge in [-0.1, -0.05) is 6.07 Å². The molecule has 4 nitrogen and oxygen atoms in total. The molecule has 0 aliphatic carbocycles. The minimum atomic E-state index is -0.322. The van der Waals surface area contributed by atoms with Crippen LogP contribution in [0.3, 0.4) is 0 Å². The fourth-order valence-electron chi connectivity index (χ4n) is 1.43. The van der Waals surface area contributed by atoms with Crippen LogP contribution in [0.4, 0.5) is 5.69 Å². The van der Waals surface area contributed by atoms with Crippen LogP contribution in [0.2, 0.25) is 0 Å². The Morgan fingerprint density at radius 2 is 1.94 bits per heavy atom. The van der Waals surface area contributed by atoms with Crippen LogP contribution in [0.25, 0.3) is 0 Å². The molecule has 1 aromatic carbocycles. The molecule has 0 saturated carbocycles. The van der Waals surface area contributed by atoms with Crippen LogP contribution in [0.5, 0.6) is 0 Å². The summed E-state index contributed by atoms with van der Waals surface area (Å²) in [4.78, 5) is 23.1. The summed E-state index contributed by atoms with van der Waals surface area (Å²) in [6, 6.07) is 5.65. The molecule has 0 atom stereocenters. The van der Waals surface area contributed by atoms with Crippen LogP contribution >= 0.6 is 15.9 Å². The van der Waals surface area contributed by atoms with Gasteiger partial charge in [0.05, 0.1) is 5.69 Å². The Balaban J connectivity index is 2.57. The van der Waals surface area contributed by atoms with Gasteiger partial charge in [-0.3, -0.25) is 9.59 Å². The van der Waals surface area contributed by atoms with Crippen molar-refractivity contribution in [3.63, 3.8) is 0 Å². The van der Waals surface area contributed by atoms with E-state index >= 15 is 0 Å². The van der Waals surface area contributed by atoms with Gasteiger partial charge >= 0.3 is 0 Å². The van der Waals surface area contributed by atoms with E-state index in [1.54, 1.807) is 6.07 Å². The number of hydrogen-bond acceptors (Lipinski definition) is 2. The number of hydrogen-bond donors (Lipinski definition) is 2. The predicted molar refractivity (Wildman–Crippen MR) is 75.4 cm³/mol. The van der Waals surface area contributed by atoms with Gasteiger partial charge in [-0.25, -0.2) is 0 Å². The van der Waals surface area contributed by atoms with Gasteiger partial charge < -0.3 is 10.6 Å². The first kappa shape index (κ1) is 14.7. The summed E-state index contributed by atoms with van der Waals surface area (Å²) in [6.45, 7) is 5.67. The first-order valence-corrected chi connectivity index (χ1v) is 6.53. The van der Waals surface area contributed by atoms with Crippen LogP contribution in [0.1, 0.15) is 25.8 Å². The molecule has 2 N–H and O–H groups in total. The van der Waals surface area contributed by atoms with Crippen LogP contribution in [-0.2, 0) is 9.59 Å². The van der Waals surface area contributed by atoms with Crippen LogP contribution in [0.15, 0.2) is 22.7 Å². The maximum atomic E-state index is 11.6. The Morgan fingerprint density at radius 1 is 1.28 bits per heavy atom. The van der Waals surface area contributed by atoms with E-state index in [0.29, 0.717) is 5.69 Å². The van der Waals surface area contributed by atoms with E-state index in [9.17, 15) is 9.59 Å². The van der Waals surface area contributed by atoms with Gasteiger partial charge in [-0.05, 0) is 54.4 Å². The molecular weight excluding hydrogens is 296 g/mol. The van der Waals surface area contributed by atoms with Crippen molar-refractivity contribution in [3.05, 3.63) is 28.2 Å². The molecule has 1 aromatic rings. The standard InChI is InChI=1S/C13H17BrN2O2/c1-8(2)15-12(17)7-13(18)16-11-5-4-9(3)6-10(11)14/h4-6,8H,7H2,1-3H3,(H,15,17)(H,16,18). The van der Waals surface area contributed by atoms with E-state index in [2.05, 4.69) is 26.6 Å². The Kier molecular flexibility index (Phi) is 5.34. The summed E-state index contributed by atoms with van der Waals surface area (Å²) in [5, 5.41) is 5.37. The zero-order valence-electron chi connectivity index (χ0n) is 10.7. The van der Waals surface area contributed by atoms with E-state index < -0.39 is 0 Å². The van der Waals surface area contributed by atoms with Crippen molar-refractivity contribution in [3.8, 4) is 0 Å². The van der Waals surface area contributed by atoms with E-state index in [1.807, 2.05) is 32.9 Å². The van der Waals surface area contributed by atoms with Gasteiger partial charge in [0.15, 0.2) is 0 Å². The summed E-state index contributed by atoms with van der Waals surface area (Å²) in [7, 11) is 0. The second-order valence-electron chi connectivity index (χ2n) is 4.43. The molecule has 0 aliphatic rings. The van der Waals surface area contributed by atoms with Gasteiger partial charge in [0.2, 0.25) is 11.8 Å². The highest BCUT2D eigenvalue weighted by molar-refractivity contribution is 9.10. The maximum absolute atomic E-state index is 11.6. The molecule has 0 saturated heterocycles. The second kappa shape index (κ2) is 6.54. The molecule has 0 spiro atoms. The molecule has 0 unspecified atom stereocenters. The molecule has 5 heteroatoms. The second-order valence-corrected chi connectivity index (χ2v) is 5.28. The van der Waals surface area contributed by atoms with E-state index in [4.69, 9.17) is 0 Å². The van der Waals surface area contributed by atoms with Gasteiger partial charge in [0, 0.05) is 10.5 Å². The lowest BCUT2D eigenvalue weighted by Crippen LogP contribution is -2.33. The third-order valence-corrected chi connectivity index (χ3v) is 2.83. The number of anilines is 1. The topological polar surface area (TPSA) is 58.2 Å². The van der Waals surface area contributed by atoms with Gasteiger partial charge in [0.25, 0.3) is 0 Å². The number of benzene rings is 1. The number of halogens is 1. The number of carbonyl (C=O) groups excluding carboxylic acids is 2.